The first-order valence-electron chi connectivity index (χ1n) is 8.49. The maximum absolute atomic E-state index is 12.1. The van der Waals surface area contributed by atoms with Crippen molar-refractivity contribution in [1.82, 2.24) is 15.5 Å². The quantitative estimate of drug-likeness (QED) is 0.708. The number of amides is 3. The van der Waals surface area contributed by atoms with Gasteiger partial charge in [0.1, 0.15) is 0 Å². The minimum absolute atomic E-state index is 0.0838. The molecule has 3 amide bonds. The van der Waals surface area contributed by atoms with Gasteiger partial charge < -0.3 is 20.6 Å². The summed E-state index contributed by atoms with van der Waals surface area (Å²) < 4.78 is 0. The number of carbonyl (C=O) groups excluding carboxylic acids is 2. The van der Waals surface area contributed by atoms with E-state index in [1.165, 1.54) is 4.90 Å². The molecule has 2 aromatic rings. The lowest BCUT2D eigenvalue weighted by molar-refractivity contribution is 0.0827. The van der Waals surface area contributed by atoms with Crippen molar-refractivity contribution in [3.8, 4) is 0 Å². The van der Waals surface area contributed by atoms with Gasteiger partial charge in [-0.1, -0.05) is 42.5 Å². The van der Waals surface area contributed by atoms with E-state index in [1.54, 1.807) is 32.3 Å². The molecule has 0 aromatic heterocycles. The van der Waals surface area contributed by atoms with Crippen molar-refractivity contribution in [2.45, 2.75) is 19.0 Å². The number of carbonyl (C=O) groups is 2. The molecule has 2 rings (SSSR count). The molecule has 0 heterocycles. The topological polar surface area (TPSA) is 81.7 Å². The zero-order chi connectivity index (χ0) is 18.9. The molecule has 6 nitrogen and oxygen atoms in total. The SMILES string of the molecule is CN(C)C(=O)c1cccc(CNC(=O)N[C@H](CO)Cc2ccccc2)c1. The maximum Gasteiger partial charge on any atom is 0.315 e. The Hall–Kier alpha value is -2.86. The van der Waals surface area contributed by atoms with Crippen LogP contribution in [-0.2, 0) is 13.0 Å². The molecule has 3 N–H and O–H groups in total. The van der Waals surface area contributed by atoms with Crippen LogP contribution in [0, 0.1) is 0 Å². The van der Waals surface area contributed by atoms with Crippen LogP contribution < -0.4 is 10.6 Å². The number of hydrogen-bond donors (Lipinski definition) is 3. The zero-order valence-corrected chi connectivity index (χ0v) is 15.1. The van der Waals surface area contributed by atoms with Crippen molar-refractivity contribution in [2.75, 3.05) is 20.7 Å². The highest BCUT2D eigenvalue weighted by Crippen LogP contribution is 2.07. The van der Waals surface area contributed by atoms with Gasteiger partial charge in [0.05, 0.1) is 12.6 Å². The molecular formula is C20H25N3O3. The van der Waals surface area contributed by atoms with Crippen molar-refractivity contribution in [3.63, 3.8) is 0 Å². The van der Waals surface area contributed by atoms with Crippen LogP contribution >= 0.6 is 0 Å². The fourth-order valence-corrected chi connectivity index (χ4v) is 2.55. The average molecular weight is 355 g/mol. The van der Waals surface area contributed by atoms with E-state index < -0.39 is 0 Å². The molecule has 0 fully saturated rings. The summed E-state index contributed by atoms with van der Waals surface area (Å²) in [4.78, 5) is 25.6. The van der Waals surface area contributed by atoms with E-state index in [9.17, 15) is 14.7 Å². The first-order chi connectivity index (χ1) is 12.5. The summed E-state index contributed by atoms with van der Waals surface area (Å²) in [5.74, 6) is -0.0838. The van der Waals surface area contributed by atoms with Gasteiger partial charge in [-0.25, -0.2) is 4.79 Å². The lowest BCUT2D eigenvalue weighted by atomic mass is 10.1. The summed E-state index contributed by atoms with van der Waals surface area (Å²) in [5.41, 5.74) is 2.45. The molecule has 0 unspecified atom stereocenters. The molecular weight excluding hydrogens is 330 g/mol. The molecule has 2 aromatic carbocycles. The van der Waals surface area contributed by atoms with Crippen molar-refractivity contribution in [2.24, 2.45) is 0 Å². The monoisotopic (exact) mass is 355 g/mol. The van der Waals surface area contributed by atoms with Crippen LogP contribution in [0.3, 0.4) is 0 Å². The number of hydrogen-bond acceptors (Lipinski definition) is 3. The Balaban J connectivity index is 1.87. The summed E-state index contributed by atoms with van der Waals surface area (Å²) in [6, 6.07) is 16.1. The summed E-state index contributed by atoms with van der Waals surface area (Å²) in [5, 5.41) is 15.0. The predicted molar refractivity (Wildman–Crippen MR) is 101 cm³/mol. The largest absolute Gasteiger partial charge is 0.394 e. The van der Waals surface area contributed by atoms with E-state index in [1.807, 2.05) is 36.4 Å². The van der Waals surface area contributed by atoms with E-state index in [0.717, 1.165) is 11.1 Å². The van der Waals surface area contributed by atoms with Crippen molar-refractivity contribution in [3.05, 3.63) is 71.3 Å². The van der Waals surface area contributed by atoms with Gasteiger partial charge in [-0.05, 0) is 29.7 Å². The van der Waals surface area contributed by atoms with Crippen LogP contribution in [0.1, 0.15) is 21.5 Å². The Labute approximate surface area is 153 Å². The first kappa shape index (κ1) is 19.5. The van der Waals surface area contributed by atoms with E-state index in [0.29, 0.717) is 18.5 Å². The molecule has 0 aliphatic rings. The molecule has 26 heavy (non-hydrogen) atoms. The van der Waals surface area contributed by atoms with Gasteiger partial charge in [-0.15, -0.1) is 0 Å². The van der Waals surface area contributed by atoms with Gasteiger partial charge in [-0.2, -0.15) is 0 Å². The number of nitrogens with one attached hydrogen (secondary N) is 2. The number of urea groups is 1. The van der Waals surface area contributed by atoms with Crippen LogP contribution in [0.25, 0.3) is 0 Å². The molecule has 0 aliphatic carbocycles. The first-order valence-corrected chi connectivity index (χ1v) is 8.49. The Kier molecular flexibility index (Phi) is 7.17. The Morgan fingerprint density at radius 3 is 2.38 bits per heavy atom. The smallest absolute Gasteiger partial charge is 0.315 e. The van der Waals surface area contributed by atoms with Crippen molar-refractivity contribution < 1.29 is 14.7 Å². The highest BCUT2D eigenvalue weighted by Gasteiger charge is 2.12. The van der Waals surface area contributed by atoms with Crippen LogP contribution in [0.2, 0.25) is 0 Å². The van der Waals surface area contributed by atoms with E-state index in [2.05, 4.69) is 10.6 Å². The highest BCUT2D eigenvalue weighted by molar-refractivity contribution is 5.94. The molecule has 0 bridgehead atoms. The third kappa shape index (κ3) is 5.89. The van der Waals surface area contributed by atoms with Crippen LogP contribution in [0.5, 0.6) is 0 Å². The Morgan fingerprint density at radius 1 is 1.04 bits per heavy atom. The Bertz CT molecular complexity index is 732. The summed E-state index contributed by atoms with van der Waals surface area (Å²) in [6.07, 6.45) is 0.553. The minimum atomic E-state index is -0.362. The molecule has 0 radical (unpaired) electrons. The van der Waals surface area contributed by atoms with Gasteiger partial charge in [0.25, 0.3) is 5.91 Å². The molecule has 138 valence electrons. The number of benzene rings is 2. The fraction of sp³-hybridized carbons (Fsp3) is 0.300. The number of aliphatic hydroxyl groups is 1. The summed E-state index contributed by atoms with van der Waals surface area (Å²) >= 11 is 0. The second-order valence-electron chi connectivity index (χ2n) is 6.30. The third-order valence-electron chi connectivity index (χ3n) is 3.91. The van der Waals surface area contributed by atoms with Gasteiger partial charge >= 0.3 is 6.03 Å². The predicted octanol–water partition coefficient (Wildman–Crippen LogP) is 1.79. The highest BCUT2D eigenvalue weighted by atomic mass is 16.3. The molecule has 1 atom stereocenters. The lowest BCUT2D eigenvalue weighted by Crippen LogP contribution is -2.44. The third-order valence-corrected chi connectivity index (χ3v) is 3.91. The van der Waals surface area contributed by atoms with Crippen LogP contribution in [0.15, 0.2) is 54.6 Å². The summed E-state index contributed by atoms with van der Waals surface area (Å²) in [7, 11) is 3.39. The van der Waals surface area contributed by atoms with Crippen LogP contribution in [0.4, 0.5) is 4.79 Å². The normalized spacial score (nSPS) is 11.5. The standard InChI is InChI=1S/C20H25N3O3/c1-23(2)19(25)17-10-6-9-16(11-17)13-21-20(26)22-18(14-24)12-15-7-4-3-5-8-15/h3-11,18,24H,12-14H2,1-2H3,(H2,21,22,26)/t18-/m0/s1. The second kappa shape index (κ2) is 9.58. The van der Waals surface area contributed by atoms with Crippen molar-refractivity contribution >= 4 is 11.9 Å². The fourth-order valence-electron chi connectivity index (χ4n) is 2.55. The average Bonchev–Trinajstić information content (AvgIpc) is 2.66. The van der Waals surface area contributed by atoms with E-state index in [-0.39, 0.29) is 24.6 Å². The second-order valence-corrected chi connectivity index (χ2v) is 6.30. The Morgan fingerprint density at radius 2 is 1.73 bits per heavy atom. The summed E-state index contributed by atoms with van der Waals surface area (Å²) in [6.45, 7) is 0.152. The molecule has 0 spiro atoms. The van der Waals surface area contributed by atoms with Crippen LogP contribution in [-0.4, -0.2) is 48.7 Å². The van der Waals surface area contributed by atoms with Gasteiger partial charge in [0.2, 0.25) is 0 Å². The van der Waals surface area contributed by atoms with E-state index >= 15 is 0 Å². The number of rotatable bonds is 7. The molecule has 0 saturated heterocycles. The molecule has 0 aliphatic heterocycles. The van der Waals surface area contributed by atoms with Crippen molar-refractivity contribution in [1.29, 1.82) is 0 Å². The molecule has 6 heteroatoms. The lowest BCUT2D eigenvalue weighted by Gasteiger charge is -2.17. The van der Waals surface area contributed by atoms with Gasteiger partial charge in [-0.3, -0.25) is 4.79 Å². The zero-order valence-electron chi connectivity index (χ0n) is 15.1. The molecule has 0 saturated carbocycles. The minimum Gasteiger partial charge on any atom is -0.394 e. The van der Waals surface area contributed by atoms with Gasteiger partial charge in [0, 0.05) is 26.2 Å². The number of aliphatic hydroxyl groups excluding tert-OH is 1. The van der Waals surface area contributed by atoms with Gasteiger partial charge in [0.15, 0.2) is 0 Å². The maximum atomic E-state index is 12.1. The number of nitrogens with zero attached hydrogens (tertiary/aromatic N) is 1. The van der Waals surface area contributed by atoms with E-state index in [4.69, 9.17) is 0 Å².